The number of aryl methyl sites for hydroxylation is 1. The summed E-state index contributed by atoms with van der Waals surface area (Å²) in [7, 11) is 1.85. The molecule has 1 atom stereocenters. The molecular formula is C25H28N4O5. The highest BCUT2D eigenvalue weighted by molar-refractivity contribution is 6.02. The van der Waals surface area contributed by atoms with Crippen molar-refractivity contribution in [1.29, 1.82) is 0 Å². The molecule has 4 rings (SSSR count). The largest absolute Gasteiger partial charge is 0.486 e. The number of ether oxygens (including phenoxy) is 2. The van der Waals surface area contributed by atoms with Crippen molar-refractivity contribution < 1.29 is 23.6 Å². The molecule has 3 aromatic rings. The Labute approximate surface area is 198 Å². The van der Waals surface area contributed by atoms with Gasteiger partial charge in [0.2, 0.25) is 5.91 Å². The molecule has 9 nitrogen and oxygen atoms in total. The molecule has 0 saturated carbocycles. The minimum atomic E-state index is -0.600. The Morgan fingerprint density at radius 2 is 1.82 bits per heavy atom. The smallest absolute Gasteiger partial charge is 0.325 e. The summed E-state index contributed by atoms with van der Waals surface area (Å²) in [6.07, 6.45) is 1.48. The topological polar surface area (TPSA) is 106 Å². The van der Waals surface area contributed by atoms with Crippen molar-refractivity contribution in [3.63, 3.8) is 0 Å². The van der Waals surface area contributed by atoms with E-state index in [1.54, 1.807) is 25.1 Å². The predicted octanol–water partition coefficient (Wildman–Crippen LogP) is 3.71. The van der Waals surface area contributed by atoms with Crippen LogP contribution in [0.1, 0.15) is 19.1 Å². The number of rotatable bonds is 8. The summed E-state index contributed by atoms with van der Waals surface area (Å²) in [4.78, 5) is 26.7. The third kappa shape index (κ3) is 5.93. The molecule has 2 aromatic carbocycles. The molecule has 178 valence electrons. The zero-order valence-corrected chi connectivity index (χ0v) is 19.2. The lowest BCUT2D eigenvalue weighted by Crippen LogP contribution is -2.47. The van der Waals surface area contributed by atoms with E-state index >= 15 is 0 Å². The van der Waals surface area contributed by atoms with E-state index in [1.807, 2.05) is 48.3 Å². The Balaban J connectivity index is 1.21. The van der Waals surface area contributed by atoms with Crippen LogP contribution in [0.5, 0.6) is 11.5 Å². The van der Waals surface area contributed by atoms with Gasteiger partial charge in [-0.15, -0.1) is 0 Å². The molecule has 0 fully saturated rings. The van der Waals surface area contributed by atoms with Crippen molar-refractivity contribution in [3.05, 3.63) is 60.4 Å². The summed E-state index contributed by atoms with van der Waals surface area (Å²) >= 11 is 0. The van der Waals surface area contributed by atoms with Gasteiger partial charge >= 0.3 is 6.03 Å². The van der Waals surface area contributed by atoms with E-state index in [4.69, 9.17) is 14.0 Å². The highest BCUT2D eigenvalue weighted by Crippen LogP contribution is 2.32. The Bertz CT molecular complexity index is 1130. The number of hydrogen-bond acceptors (Lipinski definition) is 7. The number of carbonyl (C=O) groups excluding carboxylic acids is 2. The van der Waals surface area contributed by atoms with Crippen LogP contribution in [0.4, 0.5) is 10.5 Å². The van der Waals surface area contributed by atoms with E-state index in [2.05, 4.69) is 15.8 Å². The number of nitrogens with zero attached hydrogens (tertiary/aromatic N) is 2. The molecule has 3 amide bonds. The average Bonchev–Trinajstić information content (AvgIpc) is 3.33. The maximum atomic E-state index is 12.5. The van der Waals surface area contributed by atoms with Crippen LogP contribution < -0.4 is 20.1 Å². The Morgan fingerprint density at radius 1 is 1.06 bits per heavy atom. The van der Waals surface area contributed by atoms with Crippen molar-refractivity contribution in [2.75, 3.05) is 32.1 Å². The third-order valence-corrected chi connectivity index (χ3v) is 5.64. The summed E-state index contributed by atoms with van der Waals surface area (Å²) in [6.45, 7) is 3.36. The number of urea groups is 1. The van der Waals surface area contributed by atoms with Gasteiger partial charge in [0.05, 0.1) is 6.04 Å². The first-order chi connectivity index (χ1) is 16.5. The van der Waals surface area contributed by atoms with Gasteiger partial charge in [-0.3, -0.25) is 15.0 Å². The van der Waals surface area contributed by atoms with E-state index in [-0.39, 0.29) is 5.91 Å². The highest BCUT2D eigenvalue weighted by Gasteiger charge is 2.21. The Kier molecular flexibility index (Phi) is 7.44. The molecular weight excluding hydrogens is 436 g/mol. The molecule has 2 heterocycles. The number of nitrogens with one attached hydrogen (secondary N) is 2. The minimum Gasteiger partial charge on any atom is -0.486 e. The lowest BCUT2D eigenvalue weighted by atomic mass is 10.1. The fourth-order valence-electron chi connectivity index (χ4n) is 3.57. The van der Waals surface area contributed by atoms with Crippen molar-refractivity contribution in [2.24, 2.45) is 0 Å². The van der Waals surface area contributed by atoms with Crippen LogP contribution >= 0.6 is 0 Å². The first-order valence-electron chi connectivity index (χ1n) is 11.2. The molecule has 0 saturated heterocycles. The monoisotopic (exact) mass is 464 g/mol. The molecule has 9 heteroatoms. The number of carbonyl (C=O) groups is 2. The maximum Gasteiger partial charge on any atom is 0.325 e. The van der Waals surface area contributed by atoms with E-state index in [9.17, 15) is 9.59 Å². The summed E-state index contributed by atoms with van der Waals surface area (Å²) < 4.78 is 16.4. The number of amides is 3. The molecule has 1 aliphatic rings. The van der Waals surface area contributed by atoms with E-state index in [0.29, 0.717) is 43.4 Å². The summed E-state index contributed by atoms with van der Waals surface area (Å²) in [5.74, 6) is 1.60. The number of likely N-dealkylation sites (N-methyl/N-ethyl adjacent to an activating group) is 1. The zero-order chi connectivity index (χ0) is 23.9. The second-order valence-electron chi connectivity index (χ2n) is 8.11. The molecule has 2 N–H and O–H groups in total. The van der Waals surface area contributed by atoms with Gasteiger partial charge in [-0.05, 0) is 39.1 Å². The van der Waals surface area contributed by atoms with Crippen LogP contribution in [0.3, 0.4) is 0 Å². The summed E-state index contributed by atoms with van der Waals surface area (Å²) in [5, 5.41) is 9.17. The fourth-order valence-corrected chi connectivity index (χ4v) is 3.57. The molecule has 0 aliphatic carbocycles. The van der Waals surface area contributed by atoms with Gasteiger partial charge < -0.3 is 19.3 Å². The first-order valence-corrected chi connectivity index (χ1v) is 11.2. The van der Waals surface area contributed by atoms with Crippen LogP contribution in [0.25, 0.3) is 11.3 Å². The molecule has 1 aliphatic heterocycles. The van der Waals surface area contributed by atoms with E-state index in [0.717, 1.165) is 23.4 Å². The lowest BCUT2D eigenvalue weighted by molar-refractivity contribution is -0.124. The number of aromatic nitrogens is 1. The standard InChI is InChI=1S/C25H28N4O5/c1-17(24(30)27-25(31)26-19-10-11-22-23(15-19)33-14-13-32-22)29(2)12-6-9-20-16-21(28-34-20)18-7-4-3-5-8-18/h3-5,7-8,10-11,15-17H,6,9,12-14H2,1-2H3,(H2,26,27,30,31). The Hall–Kier alpha value is -3.85. The van der Waals surface area contributed by atoms with Crippen molar-refractivity contribution in [1.82, 2.24) is 15.4 Å². The van der Waals surface area contributed by atoms with Crippen molar-refractivity contribution >= 4 is 17.6 Å². The van der Waals surface area contributed by atoms with Crippen LogP contribution in [0.2, 0.25) is 0 Å². The fraction of sp³-hybridized carbons (Fsp3) is 0.320. The molecule has 0 radical (unpaired) electrons. The number of anilines is 1. The number of hydrogen-bond donors (Lipinski definition) is 2. The van der Waals surface area contributed by atoms with Gasteiger partial charge in [-0.1, -0.05) is 35.5 Å². The van der Waals surface area contributed by atoms with Gasteiger partial charge in [-0.2, -0.15) is 0 Å². The molecule has 34 heavy (non-hydrogen) atoms. The number of benzene rings is 2. The molecule has 1 aromatic heterocycles. The second kappa shape index (κ2) is 10.8. The SMILES string of the molecule is CC(C(=O)NC(=O)Nc1ccc2c(c1)OCCO2)N(C)CCCc1cc(-c2ccccc2)no1. The summed E-state index contributed by atoms with van der Waals surface area (Å²) in [5.41, 5.74) is 2.33. The zero-order valence-electron chi connectivity index (χ0n) is 19.2. The molecule has 1 unspecified atom stereocenters. The van der Waals surface area contributed by atoms with E-state index in [1.165, 1.54) is 0 Å². The lowest BCUT2D eigenvalue weighted by Gasteiger charge is -2.23. The maximum absolute atomic E-state index is 12.5. The van der Waals surface area contributed by atoms with Gasteiger partial charge in [0.15, 0.2) is 11.5 Å². The summed E-state index contributed by atoms with van der Waals surface area (Å²) in [6, 6.07) is 15.8. The average molecular weight is 465 g/mol. The first kappa shape index (κ1) is 23.3. The number of imide groups is 1. The molecule has 0 spiro atoms. The van der Waals surface area contributed by atoms with Gasteiger partial charge in [-0.25, -0.2) is 4.79 Å². The predicted molar refractivity (Wildman–Crippen MR) is 127 cm³/mol. The highest BCUT2D eigenvalue weighted by atomic mass is 16.6. The van der Waals surface area contributed by atoms with Crippen LogP contribution in [-0.2, 0) is 11.2 Å². The van der Waals surface area contributed by atoms with Gasteiger partial charge in [0.25, 0.3) is 0 Å². The van der Waals surface area contributed by atoms with Crippen LogP contribution in [-0.4, -0.2) is 54.8 Å². The second-order valence-corrected chi connectivity index (χ2v) is 8.11. The van der Waals surface area contributed by atoms with Crippen LogP contribution in [0, 0.1) is 0 Å². The van der Waals surface area contributed by atoms with Crippen LogP contribution in [0.15, 0.2) is 59.1 Å². The third-order valence-electron chi connectivity index (χ3n) is 5.64. The van der Waals surface area contributed by atoms with Crippen molar-refractivity contribution in [3.8, 4) is 22.8 Å². The molecule has 0 bridgehead atoms. The normalized spacial score (nSPS) is 13.4. The quantitative estimate of drug-likeness (QED) is 0.523. The Morgan fingerprint density at radius 3 is 2.62 bits per heavy atom. The van der Waals surface area contributed by atoms with Gasteiger partial charge in [0, 0.05) is 29.8 Å². The van der Waals surface area contributed by atoms with Crippen molar-refractivity contribution in [2.45, 2.75) is 25.8 Å². The van der Waals surface area contributed by atoms with Gasteiger partial charge in [0.1, 0.15) is 24.7 Å². The number of fused-ring (bicyclic) bond motifs is 1. The van der Waals surface area contributed by atoms with E-state index < -0.39 is 12.1 Å². The minimum absolute atomic E-state index is 0.386.